The fourth-order valence-electron chi connectivity index (χ4n) is 3.18. The van der Waals surface area contributed by atoms with Gasteiger partial charge in [0.05, 0.1) is 0 Å². The standard InChI is InChI=1S/C12H25N3/c1-12(2,3)11(13-4)10-9-14-5-7-15(10)8-6-14/h10-11,13H,5-9H2,1-4H3. The molecule has 0 spiro atoms. The normalized spacial score (nSPS) is 38.0. The summed E-state index contributed by atoms with van der Waals surface area (Å²) in [6, 6.07) is 1.30. The molecule has 0 aromatic heterocycles. The van der Waals surface area contributed by atoms with E-state index in [9.17, 15) is 0 Å². The lowest BCUT2D eigenvalue weighted by Crippen LogP contribution is -2.68. The second-order valence-electron chi connectivity index (χ2n) is 6.04. The van der Waals surface area contributed by atoms with Crippen molar-refractivity contribution < 1.29 is 0 Å². The van der Waals surface area contributed by atoms with Crippen molar-refractivity contribution in [2.75, 3.05) is 39.8 Å². The van der Waals surface area contributed by atoms with Crippen LogP contribution in [0.5, 0.6) is 0 Å². The molecule has 1 N–H and O–H groups in total. The van der Waals surface area contributed by atoms with Gasteiger partial charge in [0.2, 0.25) is 0 Å². The molecule has 2 bridgehead atoms. The molecular formula is C12H25N3. The molecule has 3 heteroatoms. The summed E-state index contributed by atoms with van der Waals surface area (Å²) >= 11 is 0. The Balaban J connectivity index is 2.09. The second kappa shape index (κ2) is 4.04. The van der Waals surface area contributed by atoms with Crippen molar-refractivity contribution in [1.82, 2.24) is 15.1 Å². The molecule has 3 fully saturated rings. The van der Waals surface area contributed by atoms with Crippen molar-refractivity contribution >= 4 is 0 Å². The Kier molecular flexibility index (Phi) is 3.06. The van der Waals surface area contributed by atoms with Gasteiger partial charge in [0.1, 0.15) is 0 Å². The number of nitrogens with one attached hydrogen (secondary N) is 1. The van der Waals surface area contributed by atoms with Crippen LogP contribution in [0.25, 0.3) is 0 Å². The van der Waals surface area contributed by atoms with Crippen LogP contribution in [0.4, 0.5) is 0 Å². The lowest BCUT2D eigenvalue weighted by molar-refractivity contribution is -0.0206. The summed E-state index contributed by atoms with van der Waals surface area (Å²) in [5, 5.41) is 3.53. The first-order valence-electron chi connectivity index (χ1n) is 6.16. The van der Waals surface area contributed by atoms with E-state index in [0.717, 1.165) is 0 Å². The lowest BCUT2D eigenvalue weighted by atomic mass is 9.80. The quantitative estimate of drug-likeness (QED) is 0.722. The molecule has 0 radical (unpaired) electrons. The van der Waals surface area contributed by atoms with Crippen LogP contribution in [0.1, 0.15) is 20.8 Å². The molecule has 0 aliphatic carbocycles. The molecule has 3 heterocycles. The number of likely N-dealkylation sites (N-methyl/N-ethyl adjacent to an activating group) is 1. The summed E-state index contributed by atoms with van der Waals surface area (Å²) < 4.78 is 0. The number of hydrogen-bond donors (Lipinski definition) is 1. The van der Waals surface area contributed by atoms with Crippen LogP contribution < -0.4 is 5.32 Å². The maximum Gasteiger partial charge on any atom is 0.0382 e. The fourth-order valence-corrected chi connectivity index (χ4v) is 3.18. The van der Waals surface area contributed by atoms with E-state index >= 15 is 0 Å². The monoisotopic (exact) mass is 211 g/mol. The molecule has 2 atom stereocenters. The average molecular weight is 211 g/mol. The van der Waals surface area contributed by atoms with E-state index in [1.807, 2.05) is 0 Å². The third-order valence-electron chi connectivity index (χ3n) is 3.95. The number of nitrogens with zero attached hydrogens (tertiary/aromatic N) is 2. The minimum Gasteiger partial charge on any atom is -0.315 e. The zero-order valence-electron chi connectivity index (χ0n) is 10.6. The average Bonchev–Trinajstić information content (AvgIpc) is 2.18. The smallest absolute Gasteiger partial charge is 0.0382 e. The van der Waals surface area contributed by atoms with Crippen LogP contribution in [0.2, 0.25) is 0 Å². The molecule has 3 aliphatic heterocycles. The minimum absolute atomic E-state index is 0.345. The first kappa shape index (κ1) is 11.4. The van der Waals surface area contributed by atoms with Crippen LogP contribution in [-0.4, -0.2) is 61.7 Å². The van der Waals surface area contributed by atoms with Crippen LogP contribution in [0, 0.1) is 5.41 Å². The molecule has 0 aromatic rings. The van der Waals surface area contributed by atoms with E-state index in [2.05, 4.69) is 42.9 Å². The Labute approximate surface area is 93.8 Å². The molecule has 0 saturated carbocycles. The predicted octanol–water partition coefficient (Wildman–Crippen LogP) is 0.620. The van der Waals surface area contributed by atoms with Gasteiger partial charge in [0.15, 0.2) is 0 Å². The fraction of sp³-hybridized carbons (Fsp3) is 1.00. The second-order valence-corrected chi connectivity index (χ2v) is 6.04. The molecule has 3 aliphatic rings. The van der Waals surface area contributed by atoms with Gasteiger partial charge >= 0.3 is 0 Å². The lowest BCUT2D eigenvalue weighted by Gasteiger charge is -2.52. The maximum atomic E-state index is 3.53. The summed E-state index contributed by atoms with van der Waals surface area (Å²) in [6.07, 6.45) is 0. The van der Waals surface area contributed by atoms with E-state index in [1.165, 1.54) is 32.7 Å². The van der Waals surface area contributed by atoms with E-state index in [1.54, 1.807) is 0 Å². The van der Waals surface area contributed by atoms with Crippen LogP contribution in [-0.2, 0) is 0 Å². The van der Waals surface area contributed by atoms with Gasteiger partial charge in [-0.2, -0.15) is 0 Å². The largest absolute Gasteiger partial charge is 0.315 e. The predicted molar refractivity (Wildman–Crippen MR) is 64.1 cm³/mol. The highest BCUT2D eigenvalue weighted by Crippen LogP contribution is 2.28. The van der Waals surface area contributed by atoms with Gasteiger partial charge in [-0.25, -0.2) is 0 Å². The Bertz CT molecular complexity index is 213. The summed E-state index contributed by atoms with van der Waals surface area (Å²) in [5.41, 5.74) is 0.345. The van der Waals surface area contributed by atoms with Crippen molar-refractivity contribution in [1.29, 1.82) is 0 Å². The highest BCUT2D eigenvalue weighted by Gasteiger charge is 2.40. The Morgan fingerprint density at radius 1 is 1.13 bits per heavy atom. The molecular weight excluding hydrogens is 186 g/mol. The van der Waals surface area contributed by atoms with E-state index in [-0.39, 0.29) is 0 Å². The number of rotatable bonds is 2. The van der Waals surface area contributed by atoms with Crippen molar-refractivity contribution in [3.8, 4) is 0 Å². The molecule has 15 heavy (non-hydrogen) atoms. The summed E-state index contributed by atoms with van der Waals surface area (Å²) in [6.45, 7) is 13.3. The molecule has 88 valence electrons. The first-order valence-corrected chi connectivity index (χ1v) is 6.16. The number of hydrogen-bond acceptors (Lipinski definition) is 3. The van der Waals surface area contributed by atoms with Gasteiger partial charge in [-0.05, 0) is 12.5 Å². The van der Waals surface area contributed by atoms with Crippen molar-refractivity contribution in [3.63, 3.8) is 0 Å². The summed E-state index contributed by atoms with van der Waals surface area (Å²) in [5.74, 6) is 0. The van der Waals surface area contributed by atoms with Gasteiger partial charge in [0, 0.05) is 44.8 Å². The number of fused-ring (bicyclic) bond motifs is 3. The maximum absolute atomic E-state index is 3.53. The Hall–Kier alpha value is -0.120. The Morgan fingerprint density at radius 2 is 1.73 bits per heavy atom. The topological polar surface area (TPSA) is 18.5 Å². The molecule has 2 unspecified atom stereocenters. The van der Waals surface area contributed by atoms with Gasteiger partial charge in [-0.15, -0.1) is 0 Å². The van der Waals surface area contributed by atoms with E-state index < -0.39 is 0 Å². The molecule has 0 aromatic carbocycles. The summed E-state index contributed by atoms with van der Waals surface area (Å²) in [4.78, 5) is 5.28. The Morgan fingerprint density at radius 3 is 2.07 bits per heavy atom. The molecule has 3 rings (SSSR count). The molecule has 3 saturated heterocycles. The summed E-state index contributed by atoms with van der Waals surface area (Å²) in [7, 11) is 2.11. The minimum atomic E-state index is 0.345. The van der Waals surface area contributed by atoms with Crippen LogP contribution >= 0.6 is 0 Å². The zero-order chi connectivity index (χ0) is 11.1. The van der Waals surface area contributed by atoms with E-state index in [4.69, 9.17) is 0 Å². The SMILES string of the molecule is CNC(C1CN2CCN1CC2)C(C)(C)C. The third-order valence-corrected chi connectivity index (χ3v) is 3.95. The van der Waals surface area contributed by atoms with Gasteiger partial charge in [-0.3, -0.25) is 9.80 Å². The highest BCUT2D eigenvalue weighted by molar-refractivity contribution is 4.98. The highest BCUT2D eigenvalue weighted by atomic mass is 15.4. The van der Waals surface area contributed by atoms with Crippen molar-refractivity contribution in [2.24, 2.45) is 5.41 Å². The van der Waals surface area contributed by atoms with Crippen molar-refractivity contribution in [3.05, 3.63) is 0 Å². The van der Waals surface area contributed by atoms with Gasteiger partial charge in [0.25, 0.3) is 0 Å². The molecule has 3 nitrogen and oxygen atoms in total. The first-order chi connectivity index (χ1) is 7.02. The van der Waals surface area contributed by atoms with Gasteiger partial charge < -0.3 is 5.32 Å². The van der Waals surface area contributed by atoms with Crippen LogP contribution in [0.3, 0.4) is 0 Å². The number of piperazine rings is 3. The van der Waals surface area contributed by atoms with Gasteiger partial charge in [-0.1, -0.05) is 20.8 Å². The van der Waals surface area contributed by atoms with Crippen molar-refractivity contribution in [2.45, 2.75) is 32.9 Å². The van der Waals surface area contributed by atoms with E-state index in [0.29, 0.717) is 17.5 Å². The molecule has 0 amide bonds. The third kappa shape index (κ3) is 2.19. The zero-order valence-corrected chi connectivity index (χ0v) is 10.6. The van der Waals surface area contributed by atoms with Crippen LogP contribution in [0.15, 0.2) is 0 Å².